The molecule has 5 heteroatoms. The van der Waals surface area contributed by atoms with Gasteiger partial charge in [0.1, 0.15) is 0 Å². The van der Waals surface area contributed by atoms with Crippen molar-refractivity contribution in [3.05, 3.63) is 34.4 Å². The van der Waals surface area contributed by atoms with Crippen molar-refractivity contribution in [1.29, 1.82) is 0 Å². The summed E-state index contributed by atoms with van der Waals surface area (Å²) in [4.78, 5) is 16.8. The molecule has 1 saturated heterocycles. The number of hydrogen-bond donors (Lipinski definition) is 1. The van der Waals surface area contributed by atoms with E-state index in [0.29, 0.717) is 17.3 Å². The van der Waals surface area contributed by atoms with Crippen molar-refractivity contribution in [3.8, 4) is 0 Å². The second-order valence-electron chi connectivity index (χ2n) is 14.0. The number of piperidine rings is 1. The van der Waals surface area contributed by atoms with E-state index in [4.69, 9.17) is 4.42 Å². The van der Waals surface area contributed by atoms with Crippen LogP contribution in [-0.4, -0.2) is 59.8 Å². The van der Waals surface area contributed by atoms with Gasteiger partial charge in [0, 0.05) is 23.6 Å². The summed E-state index contributed by atoms with van der Waals surface area (Å²) in [6.07, 6.45) is 14.9. The quantitative estimate of drug-likeness (QED) is 0.617. The lowest BCUT2D eigenvalue weighted by molar-refractivity contribution is -0.204. The molecular formula is C31H48N2O3. The minimum atomic E-state index is -0.605. The summed E-state index contributed by atoms with van der Waals surface area (Å²) >= 11 is 0. The Bertz CT molecular complexity index is 997. The fraction of sp³-hybridized carbons (Fsp3) is 0.839. The van der Waals surface area contributed by atoms with E-state index in [1.54, 1.807) is 12.3 Å². The van der Waals surface area contributed by atoms with Gasteiger partial charge in [0.05, 0.1) is 11.9 Å². The number of aliphatic hydroxyl groups is 1. The Hall–Kier alpha value is -1.17. The highest BCUT2D eigenvalue weighted by molar-refractivity contribution is 5.27. The number of rotatable bonds is 3. The summed E-state index contributed by atoms with van der Waals surface area (Å²) in [6, 6.07) is 4.98. The maximum atomic E-state index is 12.5. The summed E-state index contributed by atoms with van der Waals surface area (Å²) < 4.78 is 5.26. The van der Waals surface area contributed by atoms with Crippen LogP contribution in [0.5, 0.6) is 0 Å². The van der Waals surface area contributed by atoms with Crippen molar-refractivity contribution >= 4 is 0 Å². The molecule has 5 nitrogen and oxygen atoms in total. The van der Waals surface area contributed by atoms with E-state index < -0.39 is 5.60 Å². The van der Waals surface area contributed by atoms with Crippen LogP contribution in [0.2, 0.25) is 0 Å². The minimum absolute atomic E-state index is 0.136. The first-order valence-electron chi connectivity index (χ1n) is 14.9. The van der Waals surface area contributed by atoms with Crippen LogP contribution in [0.15, 0.2) is 27.6 Å². The van der Waals surface area contributed by atoms with Crippen LogP contribution in [-0.2, 0) is 0 Å². The van der Waals surface area contributed by atoms with Gasteiger partial charge in [0.25, 0.3) is 0 Å². The minimum Gasteiger partial charge on any atom is -0.431 e. The molecule has 1 aromatic rings. The molecule has 1 aromatic heterocycles. The van der Waals surface area contributed by atoms with Crippen molar-refractivity contribution < 1.29 is 9.52 Å². The predicted molar refractivity (Wildman–Crippen MR) is 143 cm³/mol. The van der Waals surface area contributed by atoms with Crippen LogP contribution in [0.3, 0.4) is 0 Å². The van der Waals surface area contributed by atoms with Gasteiger partial charge >= 0.3 is 5.63 Å². The van der Waals surface area contributed by atoms with E-state index in [-0.39, 0.29) is 17.0 Å². The van der Waals surface area contributed by atoms with Gasteiger partial charge in [-0.2, -0.15) is 0 Å². The molecule has 0 spiro atoms. The van der Waals surface area contributed by atoms with Crippen LogP contribution in [0.1, 0.15) is 96.0 Å². The third-order valence-electron chi connectivity index (χ3n) is 12.8. The lowest BCUT2D eigenvalue weighted by Gasteiger charge is -2.64. The van der Waals surface area contributed by atoms with Gasteiger partial charge in [-0.25, -0.2) is 4.79 Å². The third-order valence-corrected chi connectivity index (χ3v) is 12.8. The summed E-state index contributed by atoms with van der Waals surface area (Å²) in [5, 5.41) is 12.5. The zero-order chi connectivity index (χ0) is 25.3. The molecule has 6 rings (SSSR count). The molecule has 5 aliphatic rings. The lowest BCUT2D eigenvalue weighted by atomic mass is 9.43. The molecule has 0 amide bonds. The zero-order valence-electron chi connectivity index (χ0n) is 23.0. The molecule has 4 aliphatic carbocycles. The molecule has 1 N–H and O–H groups in total. The molecule has 36 heavy (non-hydrogen) atoms. The maximum absolute atomic E-state index is 12.5. The largest absolute Gasteiger partial charge is 0.431 e. The van der Waals surface area contributed by atoms with E-state index in [0.717, 1.165) is 42.8 Å². The molecule has 2 heterocycles. The molecule has 200 valence electrons. The van der Waals surface area contributed by atoms with Crippen LogP contribution in [0, 0.1) is 28.6 Å². The van der Waals surface area contributed by atoms with Gasteiger partial charge < -0.3 is 19.3 Å². The van der Waals surface area contributed by atoms with Crippen molar-refractivity contribution in [1.82, 2.24) is 9.80 Å². The Morgan fingerprint density at radius 2 is 1.72 bits per heavy atom. The van der Waals surface area contributed by atoms with E-state index in [1.165, 1.54) is 64.5 Å². The van der Waals surface area contributed by atoms with Crippen LogP contribution in [0.25, 0.3) is 0 Å². The van der Waals surface area contributed by atoms with E-state index in [9.17, 15) is 9.90 Å². The topological polar surface area (TPSA) is 56.9 Å². The number of hydrogen-bond acceptors (Lipinski definition) is 5. The Balaban J connectivity index is 1.19. The first kappa shape index (κ1) is 25.1. The van der Waals surface area contributed by atoms with Gasteiger partial charge in [0.15, 0.2) is 0 Å². The molecule has 5 fully saturated rings. The van der Waals surface area contributed by atoms with Crippen molar-refractivity contribution in [2.24, 2.45) is 28.6 Å². The molecule has 0 radical (unpaired) electrons. The van der Waals surface area contributed by atoms with Crippen LogP contribution in [0.4, 0.5) is 0 Å². The maximum Gasteiger partial charge on any atom is 0.335 e. The number of fused-ring (bicyclic) bond motifs is 5. The summed E-state index contributed by atoms with van der Waals surface area (Å²) in [6.45, 7) is 7.42. The van der Waals surface area contributed by atoms with Crippen LogP contribution >= 0.6 is 0 Å². The van der Waals surface area contributed by atoms with Gasteiger partial charge in [0.2, 0.25) is 0 Å². The SMILES string of the molecule is CN1CCC(N(C)[C@H]2CC[C@@]3(C)[C@H](CC[C@@H]4[C@@H]3CC[C@]3(C)[C@@H](c5ccc(=O)oc5)CC[C@]43O)C2)CC1. The average Bonchev–Trinajstić information content (AvgIpc) is 3.15. The molecule has 0 aromatic carbocycles. The van der Waals surface area contributed by atoms with Gasteiger partial charge in [-0.15, -0.1) is 0 Å². The molecule has 4 saturated carbocycles. The van der Waals surface area contributed by atoms with Crippen LogP contribution < -0.4 is 5.63 Å². The molecule has 0 bridgehead atoms. The second kappa shape index (κ2) is 8.95. The molecule has 0 unspecified atom stereocenters. The summed E-state index contributed by atoms with van der Waals surface area (Å²) in [5.74, 6) is 2.11. The highest BCUT2D eigenvalue weighted by atomic mass is 16.4. The molecular weight excluding hydrogens is 448 g/mol. The van der Waals surface area contributed by atoms with Gasteiger partial charge in [-0.05, 0) is 139 Å². The fourth-order valence-electron chi connectivity index (χ4n) is 10.4. The predicted octanol–water partition coefficient (Wildman–Crippen LogP) is 5.28. The zero-order valence-corrected chi connectivity index (χ0v) is 23.0. The highest BCUT2D eigenvalue weighted by Gasteiger charge is 2.67. The smallest absolute Gasteiger partial charge is 0.335 e. The molecule has 1 aliphatic heterocycles. The Labute approximate surface area is 217 Å². The normalized spacial score (nSPS) is 45.8. The summed E-state index contributed by atoms with van der Waals surface area (Å²) in [7, 11) is 4.67. The third kappa shape index (κ3) is 3.70. The first-order chi connectivity index (χ1) is 17.2. The Morgan fingerprint density at radius 3 is 2.44 bits per heavy atom. The molecule has 8 atom stereocenters. The van der Waals surface area contributed by atoms with Crippen molar-refractivity contribution in [3.63, 3.8) is 0 Å². The number of nitrogens with zero attached hydrogens (tertiary/aromatic N) is 2. The summed E-state index contributed by atoms with van der Waals surface area (Å²) in [5.41, 5.74) is 0.435. The second-order valence-corrected chi connectivity index (χ2v) is 14.0. The highest BCUT2D eigenvalue weighted by Crippen LogP contribution is 2.70. The van der Waals surface area contributed by atoms with E-state index in [1.807, 2.05) is 6.07 Å². The lowest BCUT2D eigenvalue weighted by Crippen LogP contribution is -2.62. The van der Waals surface area contributed by atoms with Crippen molar-refractivity contribution in [2.75, 3.05) is 27.2 Å². The standard InChI is InChI=1S/C31H48N2O3/c1-29-14-9-24(33(4)23-12-17-32(3)18-13-23)19-22(29)6-7-27-26(29)10-15-30(2)25(11-16-31(27,30)35)21-5-8-28(34)36-20-21/h5,8,20,22-27,35H,6-7,9-19H2,1-4H3/t22-,24+,25-,26+,27-,29+,30-,31+/m1/s1. The van der Waals surface area contributed by atoms with Crippen molar-refractivity contribution in [2.45, 2.75) is 108 Å². The average molecular weight is 497 g/mol. The van der Waals surface area contributed by atoms with Gasteiger partial charge in [-0.3, -0.25) is 0 Å². The fourth-order valence-corrected chi connectivity index (χ4v) is 10.4. The first-order valence-corrected chi connectivity index (χ1v) is 14.9. The van der Waals surface area contributed by atoms with Gasteiger partial charge in [-0.1, -0.05) is 13.8 Å². The Morgan fingerprint density at radius 1 is 0.944 bits per heavy atom. The van der Waals surface area contributed by atoms with E-state index in [2.05, 4.69) is 37.7 Å². The number of likely N-dealkylation sites (tertiary alicyclic amines) is 1. The Kier molecular flexibility index (Phi) is 6.25. The monoisotopic (exact) mass is 496 g/mol. The van der Waals surface area contributed by atoms with E-state index >= 15 is 0 Å².